The molecule has 0 aliphatic heterocycles. The number of anilines is 1. The van der Waals surface area contributed by atoms with Gasteiger partial charge in [0, 0.05) is 16.5 Å². The summed E-state index contributed by atoms with van der Waals surface area (Å²) >= 11 is 0. The minimum atomic E-state index is -0.282. The zero-order valence-electron chi connectivity index (χ0n) is 12.5. The number of esters is 1. The number of carbonyl (C=O) groups is 1. The van der Waals surface area contributed by atoms with E-state index < -0.39 is 0 Å². The van der Waals surface area contributed by atoms with E-state index in [1.165, 1.54) is 12.8 Å². The van der Waals surface area contributed by atoms with E-state index in [4.69, 9.17) is 10.5 Å². The van der Waals surface area contributed by atoms with Gasteiger partial charge < -0.3 is 10.5 Å². The van der Waals surface area contributed by atoms with Gasteiger partial charge in [0.15, 0.2) is 0 Å². The molecule has 0 heterocycles. The lowest BCUT2D eigenvalue weighted by atomic mass is 9.70. The van der Waals surface area contributed by atoms with Crippen LogP contribution in [0.2, 0.25) is 0 Å². The van der Waals surface area contributed by atoms with Gasteiger partial charge in [0.05, 0.1) is 5.56 Å². The maximum atomic E-state index is 12.4. The van der Waals surface area contributed by atoms with Crippen LogP contribution >= 0.6 is 0 Å². The third kappa shape index (κ3) is 1.83. The predicted octanol–water partition coefficient (Wildman–Crippen LogP) is 3.64. The molecule has 0 radical (unpaired) electrons. The zero-order chi connectivity index (χ0) is 14.5. The number of para-hydroxylation sites is 1. The van der Waals surface area contributed by atoms with E-state index in [9.17, 15) is 4.79 Å². The van der Waals surface area contributed by atoms with E-state index in [1.807, 2.05) is 12.1 Å². The normalized spacial score (nSPS) is 34.1. The number of nitrogens with two attached hydrogens (primary N) is 1. The molecule has 1 aromatic carbocycles. The van der Waals surface area contributed by atoms with Crippen molar-refractivity contribution < 1.29 is 9.53 Å². The van der Waals surface area contributed by atoms with Crippen molar-refractivity contribution in [3.8, 4) is 0 Å². The Kier molecular flexibility index (Phi) is 2.86. The molecule has 3 nitrogen and oxygen atoms in total. The Morgan fingerprint density at radius 3 is 2.60 bits per heavy atom. The van der Waals surface area contributed by atoms with Gasteiger partial charge in [0.2, 0.25) is 0 Å². The highest BCUT2D eigenvalue weighted by Gasteiger charge is 2.61. The molecule has 20 heavy (non-hydrogen) atoms. The van der Waals surface area contributed by atoms with Crippen LogP contribution in [0, 0.1) is 16.7 Å². The molecule has 2 aliphatic carbocycles. The van der Waals surface area contributed by atoms with Crippen LogP contribution in [0.5, 0.6) is 0 Å². The Labute approximate surface area is 120 Å². The number of carbonyl (C=O) groups excluding carboxylic acids is 1. The molecule has 2 bridgehead atoms. The number of hydrogen-bond acceptors (Lipinski definition) is 3. The van der Waals surface area contributed by atoms with Crippen molar-refractivity contribution in [1.29, 1.82) is 0 Å². The van der Waals surface area contributed by atoms with Crippen LogP contribution in [0.25, 0.3) is 0 Å². The van der Waals surface area contributed by atoms with Gasteiger partial charge in [-0.1, -0.05) is 32.9 Å². The molecule has 0 aromatic heterocycles. The van der Waals surface area contributed by atoms with Crippen molar-refractivity contribution >= 4 is 11.7 Å². The summed E-state index contributed by atoms with van der Waals surface area (Å²) in [5.74, 6) is 0.383. The summed E-state index contributed by atoms with van der Waals surface area (Å²) in [6, 6.07) is 7.12. The summed E-state index contributed by atoms with van der Waals surface area (Å²) in [7, 11) is 0. The first-order valence-electron chi connectivity index (χ1n) is 7.40. The fraction of sp³-hybridized carbons (Fsp3) is 0.588. The number of fused-ring (bicyclic) bond motifs is 2. The SMILES string of the molecule is CC1(C)[C@H]2CC[C@](C)(C2)[C@@H]1OC(=O)c1ccccc1N. The van der Waals surface area contributed by atoms with Crippen LogP contribution in [0.15, 0.2) is 24.3 Å². The number of hydrogen-bond donors (Lipinski definition) is 1. The lowest BCUT2D eigenvalue weighted by Crippen LogP contribution is -2.43. The van der Waals surface area contributed by atoms with E-state index in [2.05, 4.69) is 20.8 Å². The first kappa shape index (κ1) is 13.5. The van der Waals surface area contributed by atoms with Crippen LogP contribution < -0.4 is 5.73 Å². The van der Waals surface area contributed by atoms with Crippen molar-refractivity contribution in [2.24, 2.45) is 16.7 Å². The number of ether oxygens (including phenoxy) is 1. The predicted molar refractivity (Wildman–Crippen MR) is 79.3 cm³/mol. The van der Waals surface area contributed by atoms with Gasteiger partial charge in [-0.15, -0.1) is 0 Å². The Balaban J connectivity index is 1.85. The quantitative estimate of drug-likeness (QED) is 0.661. The Morgan fingerprint density at radius 2 is 2.00 bits per heavy atom. The van der Waals surface area contributed by atoms with Crippen LogP contribution in [0.1, 0.15) is 50.4 Å². The average molecular weight is 273 g/mol. The summed E-state index contributed by atoms with van der Waals surface area (Å²) in [4.78, 5) is 12.4. The Hall–Kier alpha value is -1.51. The largest absolute Gasteiger partial charge is 0.458 e. The first-order chi connectivity index (χ1) is 9.34. The van der Waals surface area contributed by atoms with Crippen molar-refractivity contribution in [2.45, 2.75) is 46.1 Å². The van der Waals surface area contributed by atoms with E-state index >= 15 is 0 Å². The van der Waals surface area contributed by atoms with E-state index in [1.54, 1.807) is 12.1 Å². The Bertz CT molecular complexity index is 547. The summed E-state index contributed by atoms with van der Waals surface area (Å²) in [5, 5.41) is 0. The van der Waals surface area contributed by atoms with Gasteiger partial charge in [-0.25, -0.2) is 4.79 Å². The fourth-order valence-corrected chi connectivity index (χ4v) is 4.40. The highest BCUT2D eigenvalue weighted by molar-refractivity contribution is 5.95. The molecule has 3 atom stereocenters. The molecular weight excluding hydrogens is 250 g/mol. The molecule has 2 aliphatic rings. The van der Waals surface area contributed by atoms with Gasteiger partial charge in [0.25, 0.3) is 0 Å². The second-order valence-electron chi connectivity index (χ2n) is 7.29. The summed E-state index contributed by atoms with van der Waals surface area (Å²) in [6.45, 7) is 6.72. The molecule has 0 unspecified atom stereocenters. The maximum absolute atomic E-state index is 12.4. The molecule has 1 aromatic rings. The zero-order valence-corrected chi connectivity index (χ0v) is 12.5. The third-order valence-corrected chi connectivity index (χ3v) is 5.54. The van der Waals surface area contributed by atoms with Gasteiger partial charge in [0.1, 0.15) is 6.10 Å². The van der Waals surface area contributed by atoms with Crippen molar-refractivity contribution in [3.63, 3.8) is 0 Å². The topological polar surface area (TPSA) is 52.3 Å². The third-order valence-electron chi connectivity index (χ3n) is 5.54. The summed E-state index contributed by atoms with van der Waals surface area (Å²) in [6.07, 6.45) is 3.57. The molecule has 0 amide bonds. The van der Waals surface area contributed by atoms with Gasteiger partial charge in [-0.3, -0.25) is 0 Å². The summed E-state index contributed by atoms with van der Waals surface area (Å²) < 4.78 is 5.91. The van der Waals surface area contributed by atoms with Crippen molar-refractivity contribution in [3.05, 3.63) is 29.8 Å². The number of rotatable bonds is 2. The Morgan fingerprint density at radius 1 is 1.30 bits per heavy atom. The van der Waals surface area contributed by atoms with Crippen LogP contribution in [-0.4, -0.2) is 12.1 Å². The smallest absolute Gasteiger partial charge is 0.340 e. The van der Waals surface area contributed by atoms with Crippen LogP contribution in [-0.2, 0) is 4.74 Å². The van der Waals surface area contributed by atoms with E-state index in [0.29, 0.717) is 17.2 Å². The molecule has 2 fully saturated rings. The maximum Gasteiger partial charge on any atom is 0.340 e. The molecule has 3 heteroatoms. The van der Waals surface area contributed by atoms with Crippen molar-refractivity contribution in [2.75, 3.05) is 5.73 Å². The van der Waals surface area contributed by atoms with E-state index in [0.717, 1.165) is 6.42 Å². The molecule has 108 valence electrons. The number of nitrogen functional groups attached to an aromatic ring is 1. The van der Waals surface area contributed by atoms with E-state index in [-0.39, 0.29) is 22.9 Å². The first-order valence-corrected chi connectivity index (χ1v) is 7.40. The lowest BCUT2D eigenvalue weighted by Gasteiger charge is -2.41. The second kappa shape index (κ2) is 4.24. The standard InChI is InChI=1S/C17H23NO2/c1-16(2)11-8-9-17(3,10-11)15(16)20-14(19)12-6-4-5-7-13(12)18/h4-7,11,15H,8-10,18H2,1-3H3/t11-,15+,17+/m0/s1. The van der Waals surface area contributed by atoms with Gasteiger partial charge in [-0.2, -0.15) is 0 Å². The monoisotopic (exact) mass is 273 g/mol. The van der Waals surface area contributed by atoms with Gasteiger partial charge >= 0.3 is 5.97 Å². The minimum absolute atomic E-state index is 0.0131. The molecule has 0 spiro atoms. The fourth-order valence-electron chi connectivity index (χ4n) is 4.40. The highest BCUT2D eigenvalue weighted by atomic mass is 16.5. The molecular formula is C17H23NO2. The lowest BCUT2D eigenvalue weighted by molar-refractivity contribution is -0.0583. The second-order valence-corrected chi connectivity index (χ2v) is 7.29. The van der Waals surface area contributed by atoms with Crippen LogP contribution in [0.4, 0.5) is 5.69 Å². The number of benzene rings is 1. The average Bonchev–Trinajstić information content (AvgIpc) is 2.86. The van der Waals surface area contributed by atoms with Crippen LogP contribution in [0.3, 0.4) is 0 Å². The van der Waals surface area contributed by atoms with Crippen molar-refractivity contribution in [1.82, 2.24) is 0 Å². The molecule has 3 rings (SSSR count). The summed E-state index contributed by atoms with van der Waals surface area (Å²) in [5.41, 5.74) is 7.04. The van der Waals surface area contributed by atoms with Gasteiger partial charge in [-0.05, 0) is 37.3 Å². The minimum Gasteiger partial charge on any atom is -0.458 e. The molecule has 2 saturated carbocycles. The molecule has 2 N–H and O–H groups in total. The highest BCUT2D eigenvalue weighted by Crippen LogP contribution is 2.63. The molecule has 0 saturated heterocycles.